The first-order chi connectivity index (χ1) is 15.4. The van der Waals surface area contributed by atoms with Gasteiger partial charge in [0.15, 0.2) is 0 Å². The Bertz CT molecular complexity index is 1290. The minimum Gasteiger partial charge on any atom is -0.465 e. The van der Waals surface area contributed by atoms with Crippen LogP contribution in [0.4, 0.5) is 10.5 Å². The third-order valence-corrected chi connectivity index (χ3v) is 4.97. The van der Waals surface area contributed by atoms with Gasteiger partial charge in [-0.1, -0.05) is 36.4 Å². The third kappa shape index (κ3) is 3.69. The first-order valence-corrected chi connectivity index (χ1v) is 9.65. The molecule has 1 aromatic heterocycles. The Kier molecular flexibility index (Phi) is 5.43. The van der Waals surface area contributed by atoms with Crippen LogP contribution in [0.1, 0.15) is 21.7 Å². The summed E-state index contributed by atoms with van der Waals surface area (Å²) in [5.74, 6) is -1.55. The summed E-state index contributed by atoms with van der Waals surface area (Å²) < 4.78 is 10.6. The van der Waals surface area contributed by atoms with Gasteiger partial charge in [0.05, 0.1) is 18.4 Å². The number of esters is 1. The smallest absolute Gasteiger partial charge is 0.338 e. The molecule has 1 aliphatic rings. The molecule has 32 heavy (non-hydrogen) atoms. The molecule has 3 aromatic rings. The molecule has 0 unspecified atom stereocenters. The second kappa shape index (κ2) is 8.35. The van der Waals surface area contributed by atoms with E-state index in [0.29, 0.717) is 28.1 Å². The molecule has 160 valence electrons. The predicted octanol–water partition coefficient (Wildman–Crippen LogP) is 3.71. The second-order valence-corrected chi connectivity index (χ2v) is 6.98. The molecule has 1 fully saturated rings. The molecular formula is C24H18N2O6. The number of nitrogens with one attached hydrogen (secondary N) is 1. The summed E-state index contributed by atoms with van der Waals surface area (Å²) in [6.07, 6.45) is 1.26. The minimum atomic E-state index is -0.822. The number of rotatable bonds is 4. The Morgan fingerprint density at radius 1 is 1.00 bits per heavy atom. The van der Waals surface area contributed by atoms with E-state index in [1.165, 1.54) is 13.2 Å². The highest BCUT2D eigenvalue weighted by molar-refractivity contribution is 6.39. The van der Waals surface area contributed by atoms with Crippen LogP contribution in [0.25, 0.3) is 17.4 Å². The van der Waals surface area contributed by atoms with Crippen molar-refractivity contribution < 1.29 is 28.3 Å². The fraction of sp³-hybridized carbons (Fsp3) is 0.0833. The van der Waals surface area contributed by atoms with Gasteiger partial charge >= 0.3 is 12.0 Å². The molecule has 2 aromatic carbocycles. The number of aryl methyl sites for hydroxylation is 1. The lowest BCUT2D eigenvalue weighted by Crippen LogP contribution is -2.54. The van der Waals surface area contributed by atoms with E-state index >= 15 is 0 Å². The van der Waals surface area contributed by atoms with Crippen LogP contribution >= 0.6 is 0 Å². The molecule has 0 aliphatic carbocycles. The summed E-state index contributed by atoms with van der Waals surface area (Å²) in [5, 5.41) is 2.18. The van der Waals surface area contributed by atoms with Gasteiger partial charge in [-0.05, 0) is 42.8 Å². The Labute approximate surface area is 183 Å². The van der Waals surface area contributed by atoms with Gasteiger partial charge in [0, 0.05) is 5.56 Å². The highest BCUT2D eigenvalue weighted by atomic mass is 16.5. The zero-order valence-corrected chi connectivity index (χ0v) is 17.2. The lowest BCUT2D eigenvalue weighted by atomic mass is 10.1. The van der Waals surface area contributed by atoms with Gasteiger partial charge in [-0.15, -0.1) is 0 Å². The maximum Gasteiger partial charge on any atom is 0.338 e. The van der Waals surface area contributed by atoms with Gasteiger partial charge in [-0.2, -0.15) is 0 Å². The van der Waals surface area contributed by atoms with Gasteiger partial charge in [-0.3, -0.25) is 14.9 Å². The number of hydrogen-bond acceptors (Lipinski definition) is 6. The predicted molar refractivity (Wildman–Crippen MR) is 116 cm³/mol. The molecule has 0 atom stereocenters. The van der Waals surface area contributed by atoms with E-state index in [0.717, 1.165) is 4.90 Å². The maximum absolute atomic E-state index is 13.0. The first kappa shape index (κ1) is 20.8. The number of urea groups is 1. The molecule has 1 saturated heterocycles. The van der Waals surface area contributed by atoms with Crippen molar-refractivity contribution in [1.29, 1.82) is 0 Å². The quantitative estimate of drug-likeness (QED) is 0.384. The Balaban J connectivity index is 1.71. The number of ether oxygens (including phenoxy) is 1. The largest absolute Gasteiger partial charge is 0.465 e. The number of amides is 4. The van der Waals surface area contributed by atoms with E-state index in [9.17, 15) is 19.2 Å². The molecule has 4 amide bonds. The Morgan fingerprint density at radius 3 is 2.47 bits per heavy atom. The van der Waals surface area contributed by atoms with Gasteiger partial charge in [-0.25, -0.2) is 14.5 Å². The zero-order valence-electron chi connectivity index (χ0n) is 17.2. The molecule has 1 aliphatic heterocycles. The number of imide groups is 2. The van der Waals surface area contributed by atoms with Crippen LogP contribution < -0.4 is 10.2 Å². The molecule has 0 spiro atoms. The van der Waals surface area contributed by atoms with Crippen molar-refractivity contribution in [3.63, 3.8) is 0 Å². The van der Waals surface area contributed by atoms with Gasteiger partial charge < -0.3 is 9.15 Å². The van der Waals surface area contributed by atoms with E-state index in [1.54, 1.807) is 67.6 Å². The molecule has 8 heteroatoms. The topological polar surface area (TPSA) is 106 Å². The highest BCUT2D eigenvalue weighted by Gasteiger charge is 2.37. The van der Waals surface area contributed by atoms with E-state index in [4.69, 9.17) is 9.15 Å². The van der Waals surface area contributed by atoms with Crippen LogP contribution in [0.2, 0.25) is 0 Å². The van der Waals surface area contributed by atoms with Crippen molar-refractivity contribution in [3.05, 3.63) is 83.1 Å². The summed E-state index contributed by atoms with van der Waals surface area (Å²) in [4.78, 5) is 50.7. The summed E-state index contributed by atoms with van der Waals surface area (Å²) in [7, 11) is 1.28. The number of benzene rings is 2. The number of hydrogen-bond donors (Lipinski definition) is 1. The van der Waals surface area contributed by atoms with Crippen molar-refractivity contribution in [1.82, 2.24) is 5.32 Å². The number of carbonyl (C=O) groups is 4. The number of furan rings is 1. The fourth-order valence-corrected chi connectivity index (χ4v) is 3.39. The number of nitrogens with zero attached hydrogens (tertiary/aromatic N) is 1. The van der Waals surface area contributed by atoms with Crippen molar-refractivity contribution >= 4 is 35.6 Å². The number of para-hydroxylation sites is 1. The SMILES string of the molecule is COC(=O)c1ccccc1-c1ccc(/C=C2\C(=O)NC(=O)N(c3ccccc3C)C2=O)o1. The summed E-state index contributed by atoms with van der Waals surface area (Å²) in [5.41, 5.74) is 1.63. The normalized spacial score (nSPS) is 15.1. The number of barbiturate groups is 1. The van der Waals surface area contributed by atoms with Crippen LogP contribution in [-0.2, 0) is 14.3 Å². The van der Waals surface area contributed by atoms with Gasteiger partial charge in [0.2, 0.25) is 0 Å². The van der Waals surface area contributed by atoms with E-state index < -0.39 is 23.8 Å². The molecule has 2 heterocycles. The van der Waals surface area contributed by atoms with Gasteiger partial charge in [0.1, 0.15) is 17.1 Å². The highest BCUT2D eigenvalue weighted by Crippen LogP contribution is 2.29. The Morgan fingerprint density at radius 2 is 1.72 bits per heavy atom. The van der Waals surface area contributed by atoms with Crippen molar-refractivity contribution in [2.75, 3.05) is 12.0 Å². The van der Waals surface area contributed by atoms with Crippen LogP contribution in [-0.4, -0.2) is 30.9 Å². The summed E-state index contributed by atoms with van der Waals surface area (Å²) >= 11 is 0. The molecule has 0 radical (unpaired) electrons. The fourth-order valence-electron chi connectivity index (χ4n) is 3.39. The second-order valence-electron chi connectivity index (χ2n) is 6.98. The molecule has 4 rings (SSSR count). The standard InChI is InChI=1S/C24H18N2O6/c1-14-7-3-6-10-19(14)26-22(28)18(21(27)25-24(26)30)13-15-11-12-20(32-15)16-8-4-5-9-17(16)23(29)31-2/h3-13H,1-2H3,(H,25,27,30)/b18-13+. The lowest BCUT2D eigenvalue weighted by molar-refractivity contribution is -0.122. The van der Waals surface area contributed by atoms with Crippen molar-refractivity contribution in [3.8, 4) is 11.3 Å². The average molecular weight is 430 g/mol. The lowest BCUT2D eigenvalue weighted by Gasteiger charge is -2.27. The summed E-state index contributed by atoms with van der Waals surface area (Å²) in [6, 6.07) is 15.9. The van der Waals surface area contributed by atoms with E-state index in [-0.39, 0.29) is 11.3 Å². The number of anilines is 1. The van der Waals surface area contributed by atoms with Crippen LogP contribution in [0.3, 0.4) is 0 Å². The molecule has 0 bridgehead atoms. The van der Waals surface area contributed by atoms with Crippen LogP contribution in [0, 0.1) is 6.92 Å². The average Bonchev–Trinajstić information content (AvgIpc) is 3.26. The van der Waals surface area contributed by atoms with Crippen LogP contribution in [0.5, 0.6) is 0 Å². The summed E-state index contributed by atoms with van der Waals surface area (Å²) in [6.45, 7) is 1.76. The van der Waals surface area contributed by atoms with Crippen molar-refractivity contribution in [2.45, 2.75) is 6.92 Å². The Hall–Kier alpha value is -4.46. The number of methoxy groups -OCH3 is 1. The van der Waals surface area contributed by atoms with E-state index in [2.05, 4.69) is 5.32 Å². The van der Waals surface area contributed by atoms with Gasteiger partial charge in [0.25, 0.3) is 11.8 Å². The number of carbonyl (C=O) groups excluding carboxylic acids is 4. The van der Waals surface area contributed by atoms with Crippen LogP contribution in [0.15, 0.2) is 70.7 Å². The molecule has 1 N–H and O–H groups in total. The minimum absolute atomic E-state index is 0.206. The maximum atomic E-state index is 13.0. The first-order valence-electron chi connectivity index (χ1n) is 9.65. The van der Waals surface area contributed by atoms with Crippen molar-refractivity contribution in [2.24, 2.45) is 0 Å². The van der Waals surface area contributed by atoms with E-state index in [1.807, 2.05) is 0 Å². The molecule has 0 saturated carbocycles. The monoisotopic (exact) mass is 430 g/mol. The zero-order chi connectivity index (χ0) is 22.8. The third-order valence-electron chi connectivity index (χ3n) is 4.97. The molecular weight excluding hydrogens is 412 g/mol. The molecule has 8 nitrogen and oxygen atoms in total.